The van der Waals surface area contributed by atoms with Crippen molar-refractivity contribution in [3.63, 3.8) is 0 Å². The van der Waals surface area contributed by atoms with Crippen molar-refractivity contribution in [2.24, 2.45) is 0 Å². The molecule has 1 aromatic rings. The molecule has 1 heteroatoms. The van der Waals surface area contributed by atoms with Crippen molar-refractivity contribution in [3.8, 4) is 0 Å². The summed E-state index contributed by atoms with van der Waals surface area (Å²) in [4.78, 5) is 0. The van der Waals surface area contributed by atoms with Gasteiger partial charge in [-0.3, -0.25) is 0 Å². The minimum atomic E-state index is 1.08. The summed E-state index contributed by atoms with van der Waals surface area (Å²) in [5.41, 5.74) is 6.32. The Morgan fingerprint density at radius 1 is 1.00 bits per heavy atom. The van der Waals surface area contributed by atoms with Gasteiger partial charge in [-0.05, 0) is 42.5 Å². The van der Waals surface area contributed by atoms with Crippen LogP contribution in [0.25, 0.3) is 5.57 Å². The molecule has 3 rings (SSSR count). The molecule has 1 nitrogen and oxygen atoms in total. The number of fused-ring (bicyclic) bond motifs is 2. The van der Waals surface area contributed by atoms with E-state index in [4.69, 9.17) is 0 Å². The Hall–Kier alpha value is -1.08. The van der Waals surface area contributed by atoms with Gasteiger partial charge >= 0.3 is 0 Å². The molecular weight excluding hydrogens is 170 g/mol. The summed E-state index contributed by atoms with van der Waals surface area (Å²) in [6, 6.07) is 8.86. The van der Waals surface area contributed by atoms with Crippen molar-refractivity contribution >= 4 is 5.57 Å². The molecule has 1 aromatic carbocycles. The second-order valence-corrected chi connectivity index (χ2v) is 4.17. The van der Waals surface area contributed by atoms with Gasteiger partial charge in [-0.1, -0.05) is 29.8 Å². The van der Waals surface area contributed by atoms with Crippen LogP contribution in [-0.4, -0.2) is 13.1 Å². The van der Waals surface area contributed by atoms with E-state index < -0.39 is 0 Å². The molecule has 0 spiro atoms. The Labute approximate surface area is 84.8 Å². The first-order valence-electron chi connectivity index (χ1n) is 5.45. The molecule has 0 saturated heterocycles. The number of nitrogens with one attached hydrogen (secondary N) is 1. The van der Waals surface area contributed by atoms with Crippen molar-refractivity contribution in [1.82, 2.24) is 5.32 Å². The van der Waals surface area contributed by atoms with E-state index in [1.807, 2.05) is 0 Å². The van der Waals surface area contributed by atoms with Crippen LogP contribution >= 0.6 is 0 Å². The highest BCUT2D eigenvalue weighted by molar-refractivity contribution is 5.74. The van der Waals surface area contributed by atoms with Crippen LogP contribution in [0, 0.1) is 0 Å². The average molecular weight is 185 g/mol. The van der Waals surface area contributed by atoms with Crippen LogP contribution in [0.1, 0.15) is 24.0 Å². The number of rotatable bonds is 0. The zero-order valence-corrected chi connectivity index (χ0v) is 8.34. The van der Waals surface area contributed by atoms with Crippen molar-refractivity contribution in [2.45, 2.75) is 19.3 Å². The van der Waals surface area contributed by atoms with Crippen molar-refractivity contribution < 1.29 is 0 Å². The van der Waals surface area contributed by atoms with Crippen molar-refractivity contribution in [1.29, 1.82) is 0 Å². The molecule has 1 aliphatic carbocycles. The van der Waals surface area contributed by atoms with Crippen LogP contribution < -0.4 is 5.32 Å². The maximum absolute atomic E-state index is 3.47. The monoisotopic (exact) mass is 185 g/mol. The third-order valence-electron chi connectivity index (χ3n) is 3.37. The molecule has 1 N–H and O–H groups in total. The Balaban J connectivity index is 2.13. The minimum absolute atomic E-state index is 1.08. The third kappa shape index (κ3) is 1.20. The van der Waals surface area contributed by atoms with Crippen LogP contribution in [0.5, 0.6) is 0 Å². The highest BCUT2D eigenvalue weighted by atomic mass is 14.9. The molecule has 2 aliphatic rings. The van der Waals surface area contributed by atoms with Crippen LogP contribution in [0.3, 0.4) is 0 Å². The first kappa shape index (κ1) is 8.25. The molecule has 0 saturated carbocycles. The van der Waals surface area contributed by atoms with Crippen LogP contribution in [0.2, 0.25) is 0 Å². The second kappa shape index (κ2) is 3.25. The largest absolute Gasteiger partial charge is 0.312 e. The molecule has 1 aliphatic heterocycles. The summed E-state index contributed by atoms with van der Waals surface area (Å²) in [7, 11) is 0. The summed E-state index contributed by atoms with van der Waals surface area (Å²) in [5, 5.41) is 3.47. The Kier molecular flexibility index (Phi) is 1.91. The second-order valence-electron chi connectivity index (χ2n) is 4.17. The normalized spacial score (nSPS) is 20.3. The lowest BCUT2D eigenvalue weighted by Crippen LogP contribution is -2.26. The lowest BCUT2D eigenvalue weighted by molar-refractivity contribution is 0.680. The first-order valence-corrected chi connectivity index (χ1v) is 5.45. The van der Waals surface area contributed by atoms with Gasteiger partial charge in [-0.2, -0.15) is 0 Å². The van der Waals surface area contributed by atoms with Gasteiger partial charge in [0, 0.05) is 6.54 Å². The number of hydrogen-bond acceptors (Lipinski definition) is 1. The van der Waals surface area contributed by atoms with Crippen molar-refractivity contribution in [2.75, 3.05) is 13.1 Å². The summed E-state index contributed by atoms with van der Waals surface area (Å²) in [5.74, 6) is 0. The Morgan fingerprint density at radius 3 is 2.93 bits per heavy atom. The van der Waals surface area contributed by atoms with E-state index in [1.54, 1.807) is 11.1 Å². The van der Waals surface area contributed by atoms with Crippen LogP contribution in [-0.2, 0) is 6.42 Å². The Bertz CT molecular complexity index is 390. The Morgan fingerprint density at radius 2 is 1.93 bits per heavy atom. The average Bonchev–Trinajstić information content (AvgIpc) is 2.29. The molecule has 0 radical (unpaired) electrons. The van der Waals surface area contributed by atoms with Gasteiger partial charge in [-0.15, -0.1) is 0 Å². The van der Waals surface area contributed by atoms with Gasteiger partial charge in [0.25, 0.3) is 0 Å². The zero-order valence-electron chi connectivity index (χ0n) is 8.34. The highest BCUT2D eigenvalue weighted by Crippen LogP contribution is 2.33. The number of benzene rings is 1. The van der Waals surface area contributed by atoms with Crippen LogP contribution in [0.15, 0.2) is 29.8 Å². The summed E-state index contributed by atoms with van der Waals surface area (Å²) >= 11 is 0. The van der Waals surface area contributed by atoms with E-state index in [2.05, 4.69) is 29.6 Å². The molecule has 0 fully saturated rings. The van der Waals surface area contributed by atoms with Gasteiger partial charge in [-0.25, -0.2) is 0 Å². The predicted octanol–water partition coefficient (Wildman–Crippen LogP) is 2.38. The fraction of sp³-hybridized carbons (Fsp3) is 0.385. The van der Waals surface area contributed by atoms with E-state index in [0.29, 0.717) is 0 Å². The van der Waals surface area contributed by atoms with Crippen LogP contribution in [0.4, 0.5) is 0 Å². The molecule has 0 aromatic heterocycles. The van der Waals surface area contributed by atoms with Gasteiger partial charge in [0.15, 0.2) is 0 Å². The molecule has 0 atom stereocenters. The maximum Gasteiger partial charge on any atom is 0.0211 e. The fourth-order valence-electron chi connectivity index (χ4n) is 2.61. The molecular formula is C13H15N. The van der Waals surface area contributed by atoms with E-state index >= 15 is 0 Å². The van der Waals surface area contributed by atoms with E-state index in [9.17, 15) is 0 Å². The molecule has 1 heterocycles. The maximum atomic E-state index is 3.47. The first-order chi connectivity index (χ1) is 6.95. The summed E-state index contributed by atoms with van der Waals surface area (Å²) < 4.78 is 0. The molecule has 14 heavy (non-hydrogen) atoms. The zero-order chi connectivity index (χ0) is 9.38. The highest BCUT2D eigenvalue weighted by Gasteiger charge is 2.20. The molecule has 0 amide bonds. The lowest BCUT2D eigenvalue weighted by atomic mass is 9.83. The SMILES string of the molecule is c1ccc2c(c1)CCC1=C2CNCC1. The van der Waals surface area contributed by atoms with Crippen molar-refractivity contribution in [3.05, 3.63) is 41.0 Å². The molecule has 72 valence electrons. The number of hydrogen-bond donors (Lipinski definition) is 1. The third-order valence-corrected chi connectivity index (χ3v) is 3.37. The van der Waals surface area contributed by atoms with E-state index in [0.717, 1.165) is 6.54 Å². The topological polar surface area (TPSA) is 12.0 Å². The fourth-order valence-corrected chi connectivity index (χ4v) is 2.61. The smallest absolute Gasteiger partial charge is 0.0211 e. The van der Waals surface area contributed by atoms with E-state index in [1.165, 1.54) is 36.9 Å². The molecule has 0 unspecified atom stereocenters. The van der Waals surface area contributed by atoms with Gasteiger partial charge in [0.2, 0.25) is 0 Å². The van der Waals surface area contributed by atoms with Gasteiger partial charge in [0.1, 0.15) is 0 Å². The number of aryl methyl sites for hydroxylation is 1. The van der Waals surface area contributed by atoms with Gasteiger partial charge in [0.05, 0.1) is 0 Å². The standard InChI is InChI=1S/C13H15N/c1-2-4-12-10(3-1)5-6-11-7-8-14-9-13(11)12/h1-4,14H,5-9H2. The quantitative estimate of drug-likeness (QED) is 0.654. The molecule has 0 bridgehead atoms. The lowest BCUT2D eigenvalue weighted by Gasteiger charge is -2.27. The minimum Gasteiger partial charge on any atom is -0.312 e. The van der Waals surface area contributed by atoms with Gasteiger partial charge < -0.3 is 5.32 Å². The summed E-state index contributed by atoms with van der Waals surface area (Å²) in [6.07, 6.45) is 3.78. The summed E-state index contributed by atoms with van der Waals surface area (Å²) in [6.45, 7) is 2.24. The van der Waals surface area contributed by atoms with E-state index in [-0.39, 0.29) is 0 Å². The predicted molar refractivity (Wildman–Crippen MR) is 59.2 cm³/mol.